The first kappa shape index (κ1) is 14.3. The molecule has 0 aliphatic heterocycles. The van der Waals surface area contributed by atoms with Gasteiger partial charge in [0, 0.05) is 30.9 Å². The van der Waals surface area contributed by atoms with Crippen LogP contribution in [0.5, 0.6) is 0 Å². The second kappa shape index (κ2) is 5.29. The average molecular weight is 306 g/mol. The molecule has 22 heavy (non-hydrogen) atoms. The molecule has 0 bridgehead atoms. The fourth-order valence-corrected chi connectivity index (χ4v) is 2.21. The lowest BCUT2D eigenvalue weighted by Crippen LogP contribution is -1.94. The summed E-state index contributed by atoms with van der Waals surface area (Å²) in [5.74, 6) is -2.69. The zero-order valence-corrected chi connectivity index (χ0v) is 11.4. The number of rotatable bonds is 2. The van der Waals surface area contributed by atoms with Crippen LogP contribution >= 0.6 is 0 Å². The van der Waals surface area contributed by atoms with E-state index in [9.17, 15) is 17.6 Å². The number of halogens is 4. The third kappa shape index (κ3) is 2.47. The van der Waals surface area contributed by atoms with Gasteiger partial charge in [-0.1, -0.05) is 0 Å². The van der Waals surface area contributed by atoms with Gasteiger partial charge in [0.05, 0.1) is 11.3 Å². The monoisotopic (exact) mass is 306 g/mol. The average Bonchev–Trinajstić information content (AvgIpc) is 2.80. The number of hydrogen-bond acceptors (Lipinski definition) is 1. The van der Waals surface area contributed by atoms with Crippen LogP contribution in [0.4, 0.5) is 17.6 Å². The first-order valence-electron chi connectivity index (χ1n) is 6.40. The molecule has 0 amide bonds. The highest BCUT2D eigenvalue weighted by Gasteiger charge is 2.16. The summed E-state index contributed by atoms with van der Waals surface area (Å²) in [6.45, 7) is 0. The predicted molar refractivity (Wildman–Crippen MR) is 73.9 cm³/mol. The highest BCUT2D eigenvalue weighted by Crippen LogP contribution is 2.28. The maximum absolute atomic E-state index is 13.8. The first-order valence-corrected chi connectivity index (χ1v) is 6.40. The molecule has 0 saturated carbocycles. The van der Waals surface area contributed by atoms with E-state index in [1.54, 1.807) is 7.05 Å². The van der Waals surface area contributed by atoms with Crippen molar-refractivity contribution >= 4 is 0 Å². The van der Waals surface area contributed by atoms with E-state index in [1.807, 2.05) is 0 Å². The molecular weight excluding hydrogens is 296 g/mol. The highest BCUT2D eigenvalue weighted by atomic mass is 19.1. The van der Waals surface area contributed by atoms with Gasteiger partial charge >= 0.3 is 0 Å². The standard InChI is InChI=1S/C16H10F4N2/c1-22-8-15(11-4-2-9(17)6-13(11)19)21-16(22)12-5-3-10(18)7-14(12)20/h2-8H,1H3. The second-order valence-corrected chi connectivity index (χ2v) is 4.81. The van der Waals surface area contributed by atoms with E-state index in [0.29, 0.717) is 0 Å². The molecule has 0 spiro atoms. The lowest BCUT2D eigenvalue weighted by molar-refractivity contribution is 0.584. The van der Waals surface area contributed by atoms with Crippen LogP contribution in [0, 0.1) is 23.3 Å². The smallest absolute Gasteiger partial charge is 0.143 e. The Morgan fingerprint density at radius 1 is 0.818 bits per heavy atom. The van der Waals surface area contributed by atoms with Crippen LogP contribution in [0.25, 0.3) is 22.6 Å². The molecule has 0 aliphatic rings. The van der Waals surface area contributed by atoms with Crippen molar-refractivity contribution in [3.8, 4) is 22.6 Å². The van der Waals surface area contributed by atoms with Crippen molar-refractivity contribution < 1.29 is 17.6 Å². The molecule has 2 aromatic carbocycles. The van der Waals surface area contributed by atoms with Crippen molar-refractivity contribution in [3.05, 3.63) is 65.9 Å². The Balaban J connectivity index is 2.11. The summed E-state index contributed by atoms with van der Waals surface area (Å²) in [4.78, 5) is 4.17. The first-order chi connectivity index (χ1) is 10.5. The zero-order chi connectivity index (χ0) is 15.9. The SMILES string of the molecule is Cn1cc(-c2ccc(F)cc2F)nc1-c1ccc(F)cc1F. The number of hydrogen-bond donors (Lipinski definition) is 0. The second-order valence-electron chi connectivity index (χ2n) is 4.81. The predicted octanol–water partition coefficient (Wildman–Crippen LogP) is 4.31. The van der Waals surface area contributed by atoms with Crippen molar-refractivity contribution in [3.63, 3.8) is 0 Å². The molecule has 112 valence electrons. The Hall–Kier alpha value is -2.63. The van der Waals surface area contributed by atoms with Gasteiger partial charge in [0.15, 0.2) is 0 Å². The van der Waals surface area contributed by atoms with Gasteiger partial charge in [-0.3, -0.25) is 0 Å². The molecule has 0 N–H and O–H groups in total. The lowest BCUT2D eigenvalue weighted by Gasteiger charge is -2.02. The molecule has 1 aromatic heterocycles. The molecule has 0 atom stereocenters. The summed E-state index contributed by atoms with van der Waals surface area (Å²) in [6, 6.07) is 6.26. The van der Waals surface area contributed by atoms with Crippen LogP contribution in [-0.4, -0.2) is 9.55 Å². The molecule has 0 radical (unpaired) electrons. The maximum atomic E-state index is 13.8. The molecule has 0 unspecified atom stereocenters. The molecule has 1 heterocycles. The van der Waals surface area contributed by atoms with Gasteiger partial charge in [-0.2, -0.15) is 0 Å². The number of benzene rings is 2. The topological polar surface area (TPSA) is 17.8 Å². The van der Waals surface area contributed by atoms with E-state index in [1.165, 1.54) is 22.9 Å². The maximum Gasteiger partial charge on any atom is 0.143 e. The quantitative estimate of drug-likeness (QED) is 0.645. The van der Waals surface area contributed by atoms with Gasteiger partial charge in [-0.15, -0.1) is 0 Å². The van der Waals surface area contributed by atoms with Crippen LogP contribution in [-0.2, 0) is 7.05 Å². The molecule has 3 aromatic rings. The van der Waals surface area contributed by atoms with Gasteiger partial charge in [-0.25, -0.2) is 22.5 Å². The third-order valence-corrected chi connectivity index (χ3v) is 3.26. The molecule has 6 heteroatoms. The highest BCUT2D eigenvalue weighted by molar-refractivity contribution is 5.65. The summed E-state index contributed by atoms with van der Waals surface area (Å²) < 4.78 is 55.1. The summed E-state index contributed by atoms with van der Waals surface area (Å²) in [5.41, 5.74) is 0.433. The lowest BCUT2D eigenvalue weighted by atomic mass is 10.1. The molecule has 0 fully saturated rings. The molecule has 0 aliphatic carbocycles. The minimum atomic E-state index is -0.764. The van der Waals surface area contributed by atoms with Crippen LogP contribution in [0.2, 0.25) is 0 Å². The van der Waals surface area contributed by atoms with Gasteiger partial charge in [0.2, 0.25) is 0 Å². The zero-order valence-electron chi connectivity index (χ0n) is 11.4. The van der Waals surface area contributed by atoms with Crippen molar-refractivity contribution in [2.75, 3.05) is 0 Å². The van der Waals surface area contributed by atoms with Crippen molar-refractivity contribution in [2.24, 2.45) is 7.05 Å². The normalized spacial score (nSPS) is 11.0. The molecule has 2 nitrogen and oxygen atoms in total. The summed E-state index contributed by atoms with van der Waals surface area (Å²) in [7, 11) is 1.61. The van der Waals surface area contributed by atoms with E-state index in [4.69, 9.17) is 0 Å². The van der Waals surface area contributed by atoms with Crippen molar-refractivity contribution in [1.29, 1.82) is 0 Å². The van der Waals surface area contributed by atoms with Gasteiger partial charge in [0.1, 0.15) is 29.1 Å². The number of imidazole rings is 1. The Bertz CT molecular complexity index is 855. The Morgan fingerprint density at radius 3 is 1.91 bits per heavy atom. The van der Waals surface area contributed by atoms with Crippen LogP contribution < -0.4 is 0 Å². The van der Waals surface area contributed by atoms with Gasteiger partial charge < -0.3 is 4.57 Å². The van der Waals surface area contributed by atoms with Crippen molar-refractivity contribution in [1.82, 2.24) is 9.55 Å². The summed E-state index contributed by atoms with van der Waals surface area (Å²) in [6.07, 6.45) is 1.49. The van der Waals surface area contributed by atoms with Crippen LogP contribution in [0.15, 0.2) is 42.6 Å². The third-order valence-electron chi connectivity index (χ3n) is 3.26. The minimum absolute atomic E-state index is 0.0951. The minimum Gasteiger partial charge on any atom is -0.333 e. The Labute approximate surface area is 123 Å². The van der Waals surface area contributed by atoms with E-state index < -0.39 is 23.3 Å². The van der Waals surface area contributed by atoms with E-state index in [-0.39, 0.29) is 22.6 Å². The largest absolute Gasteiger partial charge is 0.333 e. The van der Waals surface area contributed by atoms with Gasteiger partial charge in [-0.05, 0) is 24.3 Å². The van der Waals surface area contributed by atoms with E-state index in [0.717, 1.165) is 24.3 Å². The molecular formula is C16H10F4N2. The van der Waals surface area contributed by atoms with E-state index in [2.05, 4.69) is 4.98 Å². The fraction of sp³-hybridized carbons (Fsp3) is 0.0625. The van der Waals surface area contributed by atoms with Gasteiger partial charge in [0.25, 0.3) is 0 Å². The number of aromatic nitrogens is 2. The fourth-order valence-electron chi connectivity index (χ4n) is 2.21. The summed E-state index contributed by atoms with van der Waals surface area (Å²) in [5, 5.41) is 0. The molecule has 3 rings (SSSR count). The number of aryl methyl sites for hydroxylation is 1. The number of nitrogens with zero attached hydrogens (tertiary/aromatic N) is 2. The Morgan fingerprint density at radius 2 is 1.36 bits per heavy atom. The Kier molecular flexibility index (Phi) is 3.44. The molecule has 0 saturated heterocycles. The van der Waals surface area contributed by atoms with Crippen molar-refractivity contribution in [2.45, 2.75) is 0 Å². The van der Waals surface area contributed by atoms with Crippen LogP contribution in [0.1, 0.15) is 0 Å². The van der Waals surface area contributed by atoms with Crippen LogP contribution in [0.3, 0.4) is 0 Å². The van der Waals surface area contributed by atoms with E-state index >= 15 is 0 Å². The summed E-state index contributed by atoms with van der Waals surface area (Å²) >= 11 is 0.